The maximum absolute atomic E-state index is 12.6. The van der Waals surface area contributed by atoms with Crippen LogP contribution in [0.4, 0.5) is 5.00 Å². The van der Waals surface area contributed by atoms with E-state index in [9.17, 15) is 10.1 Å². The third-order valence-corrected chi connectivity index (χ3v) is 8.48. The van der Waals surface area contributed by atoms with Gasteiger partial charge in [-0.1, -0.05) is 25.1 Å². The number of nitrogens with one attached hydrogen (secondary N) is 1. The lowest BCUT2D eigenvalue weighted by atomic mass is 9.96. The summed E-state index contributed by atoms with van der Waals surface area (Å²) in [6.07, 6.45) is 6.40. The molecular formula is C22H25N5OS3. The van der Waals surface area contributed by atoms with Gasteiger partial charge in [-0.3, -0.25) is 4.79 Å². The molecule has 3 aromatic heterocycles. The number of anilines is 1. The lowest BCUT2D eigenvalue weighted by Crippen LogP contribution is -2.14. The van der Waals surface area contributed by atoms with Gasteiger partial charge in [0.1, 0.15) is 11.1 Å². The molecule has 3 aromatic rings. The van der Waals surface area contributed by atoms with Crippen LogP contribution in [-0.4, -0.2) is 26.4 Å². The summed E-state index contributed by atoms with van der Waals surface area (Å²) in [5.41, 5.74) is 2.87. The van der Waals surface area contributed by atoms with Crippen molar-refractivity contribution in [3.63, 3.8) is 0 Å². The van der Waals surface area contributed by atoms with Crippen LogP contribution < -0.4 is 5.32 Å². The van der Waals surface area contributed by atoms with Crippen LogP contribution in [0.3, 0.4) is 0 Å². The van der Waals surface area contributed by atoms with E-state index in [4.69, 9.17) is 0 Å². The van der Waals surface area contributed by atoms with Gasteiger partial charge in [0, 0.05) is 27.2 Å². The first-order valence-electron chi connectivity index (χ1n) is 10.6. The number of rotatable bonds is 8. The van der Waals surface area contributed by atoms with Crippen LogP contribution in [0, 0.1) is 11.3 Å². The van der Waals surface area contributed by atoms with E-state index < -0.39 is 0 Å². The van der Waals surface area contributed by atoms with E-state index in [-0.39, 0.29) is 11.7 Å². The molecule has 0 saturated heterocycles. The van der Waals surface area contributed by atoms with Crippen molar-refractivity contribution in [3.8, 4) is 17.5 Å². The zero-order chi connectivity index (χ0) is 21.8. The molecule has 31 heavy (non-hydrogen) atoms. The molecule has 1 N–H and O–H groups in total. The molecule has 1 amide bonds. The maximum atomic E-state index is 12.6. The van der Waals surface area contributed by atoms with Crippen molar-refractivity contribution in [3.05, 3.63) is 32.3 Å². The predicted molar refractivity (Wildman–Crippen MR) is 128 cm³/mol. The van der Waals surface area contributed by atoms with Crippen LogP contribution in [0.25, 0.3) is 11.4 Å². The van der Waals surface area contributed by atoms with Gasteiger partial charge in [0.2, 0.25) is 5.91 Å². The van der Waals surface area contributed by atoms with E-state index in [0.717, 1.165) is 67.2 Å². The zero-order valence-corrected chi connectivity index (χ0v) is 20.2. The Kier molecular flexibility index (Phi) is 7.10. The Morgan fingerprint density at radius 2 is 2.16 bits per heavy atom. The molecule has 1 aliphatic carbocycles. The topological polar surface area (TPSA) is 83.6 Å². The smallest absolute Gasteiger partial charge is 0.235 e. The highest BCUT2D eigenvalue weighted by Crippen LogP contribution is 2.37. The first-order valence-corrected chi connectivity index (χ1v) is 13.3. The molecule has 0 saturated carbocycles. The molecule has 0 aliphatic heterocycles. The minimum atomic E-state index is -0.118. The van der Waals surface area contributed by atoms with Gasteiger partial charge in [-0.2, -0.15) is 5.26 Å². The molecule has 0 spiro atoms. The number of nitriles is 1. The van der Waals surface area contributed by atoms with Gasteiger partial charge in [-0.25, -0.2) is 0 Å². The van der Waals surface area contributed by atoms with E-state index in [1.54, 1.807) is 22.7 Å². The lowest BCUT2D eigenvalue weighted by Gasteiger charge is -2.09. The molecule has 162 valence electrons. The number of hydrogen-bond acceptors (Lipinski definition) is 7. The maximum Gasteiger partial charge on any atom is 0.235 e. The first kappa shape index (κ1) is 22.1. The summed E-state index contributed by atoms with van der Waals surface area (Å²) in [6.45, 7) is 4.98. The van der Waals surface area contributed by atoms with Crippen molar-refractivity contribution in [1.82, 2.24) is 14.8 Å². The number of amides is 1. The molecule has 0 fully saturated rings. The average Bonchev–Trinajstić information content (AvgIpc) is 3.48. The van der Waals surface area contributed by atoms with Crippen molar-refractivity contribution in [2.75, 3.05) is 11.1 Å². The number of nitrogens with zero attached hydrogens (tertiary/aromatic N) is 4. The van der Waals surface area contributed by atoms with Crippen LogP contribution in [0.15, 0.2) is 16.6 Å². The monoisotopic (exact) mass is 471 g/mol. The van der Waals surface area contributed by atoms with Gasteiger partial charge in [-0.15, -0.1) is 32.9 Å². The van der Waals surface area contributed by atoms with E-state index in [1.807, 2.05) is 0 Å². The standard InChI is InChI=1S/C22H25N5OS3/c1-3-7-15-10-14(12-29-15)20-25-26-22(27(20)4-2)30-13-19(28)24-21-17(11-23)16-8-5-6-9-18(16)31-21/h10,12H,3-9,13H2,1-2H3,(H,24,28). The number of thioether (sulfide) groups is 1. The largest absolute Gasteiger partial charge is 0.316 e. The summed E-state index contributed by atoms with van der Waals surface area (Å²) in [6, 6.07) is 4.48. The molecule has 0 aromatic carbocycles. The molecule has 6 nitrogen and oxygen atoms in total. The molecule has 0 bridgehead atoms. The lowest BCUT2D eigenvalue weighted by molar-refractivity contribution is -0.113. The normalized spacial score (nSPS) is 13.1. The number of hydrogen-bond donors (Lipinski definition) is 1. The van der Waals surface area contributed by atoms with E-state index in [2.05, 4.69) is 51.4 Å². The zero-order valence-electron chi connectivity index (χ0n) is 17.7. The number of thiophene rings is 2. The summed E-state index contributed by atoms with van der Waals surface area (Å²) in [7, 11) is 0. The fraction of sp³-hybridized carbons (Fsp3) is 0.455. The highest BCUT2D eigenvalue weighted by molar-refractivity contribution is 7.99. The summed E-state index contributed by atoms with van der Waals surface area (Å²) in [5.74, 6) is 0.964. The minimum absolute atomic E-state index is 0.118. The third kappa shape index (κ3) is 4.71. The molecule has 0 radical (unpaired) electrons. The molecule has 0 atom stereocenters. The van der Waals surface area contributed by atoms with Crippen LogP contribution in [-0.2, 0) is 30.6 Å². The Bertz CT molecular complexity index is 1120. The summed E-state index contributed by atoms with van der Waals surface area (Å²) < 4.78 is 2.06. The number of fused-ring (bicyclic) bond motifs is 1. The van der Waals surface area contributed by atoms with Crippen molar-refractivity contribution in [2.45, 2.75) is 64.1 Å². The quantitative estimate of drug-likeness (QED) is 0.437. The fourth-order valence-corrected chi connectivity index (χ4v) is 6.86. The first-order chi connectivity index (χ1) is 15.1. The SMILES string of the molecule is CCCc1cc(-c2nnc(SCC(=O)Nc3sc4c(c3C#N)CCCC4)n2CC)cs1. The number of aromatic nitrogens is 3. The predicted octanol–water partition coefficient (Wildman–Crippen LogP) is 5.52. The van der Waals surface area contributed by atoms with Crippen LogP contribution in [0.2, 0.25) is 0 Å². The van der Waals surface area contributed by atoms with Crippen molar-refractivity contribution < 1.29 is 4.79 Å². The van der Waals surface area contributed by atoms with Gasteiger partial charge in [-0.05, 0) is 50.7 Å². The third-order valence-electron chi connectivity index (χ3n) is 5.31. The van der Waals surface area contributed by atoms with Gasteiger partial charge >= 0.3 is 0 Å². The number of aryl methyl sites for hydroxylation is 2. The van der Waals surface area contributed by atoms with Gasteiger partial charge < -0.3 is 9.88 Å². The second kappa shape index (κ2) is 9.98. The van der Waals surface area contributed by atoms with E-state index in [1.165, 1.54) is 21.5 Å². The molecule has 1 aliphatic rings. The molecule has 0 unspecified atom stereocenters. The molecular weight excluding hydrogens is 446 g/mol. The highest BCUT2D eigenvalue weighted by Gasteiger charge is 2.22. The summed E-state index contributed by atoms with van der Waals surface area (Å²) in [4.78, 5) is 15.2. The average molecular weight is 472 g/mol. The van der Waals surface area contributed by atoms with E-state index >= 15 is 0 Å². The summed E-state index contributed by atoms with van der Waals surface area (Å²) >= 11 is 4.69. The van der Waals surface area contributed by atoms with Crippen molar-refractivity contribution >= 4 is 45.3 Å². The Labute approximate surface area is 194 Å². The molecule has 9 heteroatoms. The van der Waals surface area contributed by atoms with Gasteiger partial charge in [0.05, 0.1) is 11.3 Å². The summed E-state index contributed by atoms with van der Waals surface area (Å²) in [5, 5.41) is 24.8. The molecule has 4 rings (SSSR count). The van der Waals surface area contributed by atoms with Crippen molar-refractivity contribution in [1.29, 1.82) is 5.26 Å². The van der Waals surface area contributed by atoms with Gasteiger partial charge in [0.25, 0.3) is 0 Å². The van der Waals surface area contributed by atoms with Crippen molar-refractivity contribution in [2.24, 2.45) is 0 Å². The minimum Gasteiger partial charge on any atom is -0.316 e. The van der Waals surface area contributed by atoms with Crippen LogP contribution in [0.1, 0.15) is 54.0 Å². The van der Waals surface area contributed by atoms with Crippen LogP contribution in [0.5, 0.6) is 0 Å². The van der Waals surface area contributed by atoms with Gasteiger partial charge in [0.15, 0.2) is 11.0 Å². The fourth-order valence-electron chi connectivity index (χ4n) is 3.83. The Balaban J connectivity index is 1.44. The Hall–Kier alpha value is -2.15. The Morgan fingerprint density at radius 3 is 2.94 bits per heavy atom. The van der Waals surface area contributed by atoms with Crippen LogP contribution >= 0.6 is 34.4 Å². The van der Waals surface area contributed by atoms with E-state index in [0.29, 0.717) is 10.6 Å². The number of carbonyl (C=O) groups is 1. The second-order valence-corrected chi connectivity index (χ2v) is 10.5. The Morgan fingerprint density at radius 1 is 1.32 bits per heavy atom. The number of carbonyl (C=O) groups excluding carboxylic acids is 1. The molecule has 3 heterocycles. The highest BCUT2D eigenvalue weighted by atomic mass is 32.2. The second-order valence-electron chi connectivity index (χ2n) is 7.47.